The maximum Gasteiger partial charge on any atom is 0.0945 e. The Morgan fingerprint density at radius 3 is 2.76 bits per heavy atom. The van der Waals surface area contributed by atoms with Crippen LogP contribution in [0.3, 0.4) is 0 Å². The first-order chi connectivity index (χ1) is 8.36. The molecular formula is C14H26N2O. The molecule has 1 atom stereocenters. The van der Waals surface area contributed by atoms with Gasteiger partial charge in [0.1, 0.15) is 0 Å². The summed E-state index contributed by atoms with van der Waals surface area (Å²) in [7, 11) is 1.79. The van der Waals surface area contributed by atoms with Gasteiger partial charge in [0.2, 0.25) is 0 Å². The molecule has 0 aliphatic heterocycles. The Morgan fingerprint density at radius 2 is 2.12 bits per heavy atom. The van der Waals surface area contributed by atoms with Crippen LogP contribution in [0.1, 0.15) is 45.4 Å². The summed E-state index contributed by atoms with van der Waals surface area (Å²) in [6, 6.07) is 0. The molecule has 0 spiro atoms. The van der Waals surface area contributed by atoms with E-state index in [1.165, 1.54) is 38.5 Å². The van der Waals surface area contributed by atoms with Gasteiger partial charge in [0.05, 0.1) is 6.33 Å². The van der Waals surface area contributed by atoms with E-state index in [0.29, 0.717) is 0 Å². The van der Waals surface area contributed by atoms with E-state index in [1.807, 2.05) is 18.7 Å². The molecule has 3 nitrogen and oxygen atoms in total. The van der Waals surface area contributed by atoms with E-state index < -0.39 is 0 Å². The van der Waals surface area contributed by atoms with E-state index >= 15 is 0 Å². The highest BCUT2D eigenvalue weighted by Crippen LogP contribution is 2.17. The standard InChI is InChI=1S/C14H26N2O/c1-3-14(8-12-17-2)7-5-4-6-10-16-11-9-15-13-16/h9,11,13-14H,3-8,10,12H2,1-2H3/t14-/m1/s1. The summed E-state index contributed by atoms with van der Waals surface area (Å²) in [5, 5.41) is 0. The number of nitrogens with zero attached hydrogens (tertiary/aromatic N) is 2. The molecule has 17 heavy (non-hydrogen) atoms. The number of ether oxygens (including phenoxy) is 1. The zero-order valence-corrected chi connectivity index (χ0v) is 11.3. The molecule has 0 amide bonds. The molecule has 0 aliphatic carbocycles. The van der Waals surface area contributed by atoms with E-state index in [9.17, 15) is 0 Å². The van der Waals surface area contributed by atoms with Gasteiger partial charge in [0.15, 0.2) is 0 Å². The van der Waals surface area contributed by atoms with Gasteiger partial charge in [-0.3, -0.25) is 0 Å². The maximum absolute atomic E-state index is 5.14. The molecule has 0 unspecified atom stereocenters. The van der Waals surface area contributed by atoms with E-state index in [2.05, 4.69) is 16.5 Å². The van der Waals surface area contributed by atoms with Crippen molar-refractivity contribution in [2.24, 2.45) is 5.92 Å². The molecule has 0 saturated heterocycles. The predicted octanol–water partition coefficient (Wildman–Crippen LogP) is 3.51. The second-order valence-corrected chi connectivity index (χ2v) is 4.71. The van der Waals surface area contributed by atoms with Gasteiger partial charge in [-0.2, -0.15) is 0 Å². The lowest BCUT2D eigenvalue weighted by Gasteiger charge is -2.13. The third-order valence-electron chi connectivity index (χ3n) is 3.40. The van der Waals surface area contributed by atoms with Gasteiger partial charge >= 0.3 is 0 Å². The Balaban J connectivity index is 1.98. The van der Waals surface area contributed by atoms with Crippen LogP contribution in [0.15, 0.2) is 18.7 Å². The number of aryl methyl sites for hydroxylation is 1. The van der Waals surface area contributed by atoms with Gasteiger partial charge in [-0.1, -0.05) is 32.6 Å². The summed E-state index contributed by atoms with van der Waals surface area (Å²) < 4.78 is 7.30. The second-order valence-electron chi connectivity index (χ2n) is 4.71. The molecule has 0 N–H and O–H groups in total. The van der Waals surface area contributed by atoms with Crippen molar-refractivity contribution in [3.8, 4) is 0 Å². The normalized spacial score (nSPS) is 12.8. The van der Waals surface area contributed by atoms with Crippen molar-refractivity contribution in [2.45, 2.75) is 52.0 Å². The monoisotopic (exact) mass is 238 g/mol. The number of rotatable bonds is 10. The van der Waals surface area contributed by atoms with Crippen molar-refractivity contribution >= 4 is 0 Å². The lowest BCUT2D eigenvalue weighted by atomic mass is 9.95. The largest absolute Gasteiger partial charge is 0.385 e. The van der Waals surface area contributed by atoms with Crippen LogP contribution in [-0.2, 0) is 11.3 Å². The van der Waals surface area contributed by atoms with Gasteiger partial charge in [-0.15, -0.1) is 0 Å². The molecule has 0 aromatic carbocycles. The third kappa shape index (κ3) is 6.47. The summed E-state index contributed by atoms with van der Waals surface area (Å²) >= 11 is 0. The molecule has 0 aliphatic rings. The van der Waals surface area contributed by atoms with E-state index in [0.717, 1.165) is 19.1 Å². The van der Waals surface area contributed by atoms with Gasteiger partial charge in [-0.05, 0) is 18.8 Å². The van der Waals surface area contributed by atoms with E-state index in [-0.39, 0.29) is 0 Å². The highest BCUT2D eigenvalue weighted by Gasteiger charge is 2.05. The Hall–Kier alpha value is -0.830. The molecule has 1 aromatic heterocycles. The van der Waals surface area contributed by atoms with Crippen LogP contribution in [0.4, 0.5) is 0 Å². The van der Waals surface area contributed by atoms with Gasteiger partial charge < -0.3 is 9.30 Å². The molecule has 98 valence electrons. The number of unbranched alkanes of at least 4 members (excludes halogenated alkanes) is 2. The Bertz CT molecular complexity index is 259. The molecule has 0 radical (unpaired) electrons. The lowest BCUT2D eigenvalue weighted by Crippen LogP contribution is -2.03. The zero-order chi connectivity index (χ0) is 12.3. The summed E-state index contributed by atoms with van der Waals surface area (Å²) in [5.41, 5.74) is 0. The van der Waals surface area contributed by atoms with Crippen LogP contribution in [0, 0.1) is 5.92 Å². The van der Waals surface area contributed by atoms with Crippen molar-refractivity contribution < 1.29 is 4.74 Å². The summed E-state index contributed by atoms with van der Waals surface area (Å²) in [4.78, 5) is 4.05. The second kappa shape index (κ2) is 9.23. The molecule has 3 heteroatoms. The minimum atomic E-state index is 0.850. The SMILES string of the molecule is CC[C@H](CCCCCn1ccnc1)CCOC. The van der Waals surface area contributed by atoms with Gasteiger partial charge in [0, 0.05) is 32.7 Å². The molecule has 0 saturated carbocycles. The molecule has 1 rings (SSSR count). The van der Waals surface area contributed by atoms with Crippen molar-refractivity contribution in [1.82, 2.24) is 9.55 Å². The summed E-state index contributed by atoms with van der Waals surface area (Å²) in [6.07, 6.45) is 13.6. The van der Waals surface area contributed by atoms with Crippen LogP contribution in [0.5, 0.6) is 0 Å². The number of hydrogen-bond donors (Lipinski definition) is 0. The van der Waals surface area contributed by atoms with Crippen molar-refractivity contribution in [1.29, 1.82) is 0 Å². The van der Waals surface area contributed by atoms with Crippen molar-refractivity contribution in [3.05, 3.63) is 18.7 Å². The molecule has 0 bridgehead atoms. The van der Waals surface area contributed by atoms with E-state index in [4.69, 9.17) is 4.74 Å². The van der Waals surface area contributed by atoms with Crippen LogP contribution < -0.4 is 0 Å². The highest BCUT2D eigenvalue weighted by molar-refractivity contribution is 4.73. The van der Waals surface area contributed by atoms with Crippen LogP contribution >= 0.6 is 0 Å². The average Bonchev–Trinajstić information content (AvgIpc) is 2.85. The van der Waals surface area contributed by atoms with Gasteiger partial charge in [-0.25, -0.2) is 4.98 Å². The topological polar surface area (TPSA) is 27.1 Å². The van der Waals surface area contributed by atoms with Crippen LogP contribution in [0.2, 0.25) is 0 Å². The van der Waals surface area contributed by atoms with Crippen LogP contribution in [-0.4, -0.2) is 23.3 Å². The maximum atomic E-state index is 5.14. The first-order valence-electron chi connectivity index (χ1n) is 6.81. The van der Waals surface area contributed by atoms with Crippen molar-refractivity contribution in [3.63, 3.8) is 0 Å². The Labute approximate surface area is 105 Å². The first kappa shape index (κ1) is 14.2. The first-order valence-corrected chi connectivity index (χ1v) is 6.81. The fourth-order valence-corrected chi connectivity index (χ4v) is 2.16. The average molecular weight is 238 g/mol. The lowest BCUT2D eigenvalue weighted by molar-refractivity contribution is 0.173. The van der Waals surface area contributed by atoms with Crippen molar-refractivity contribution in [2.75, 3.05) is 13.7 Å². The molecule has 1 heterocycles. The number of aromatic nitrogens is 2. The van der Waals surface area contributed by atoms with E-state index in [1.54, 1.807) is 7.11 Å². The quantitative estimate of drug-likeness (QED) is 0.583. The third-order valence-corrected chi connectivity index (χ3v) is 3.40. The number of hydrogen-bond acceptors (Lipinski definition) is 2. The molecule has 0 fully saturated rings. The number of methoxy groups -OCH3 is 1. The van der Waals surface area contributed by atoms with Crippen LogP contribution in [0.25, 0.3) is 0 Å². The fourth-order valence-electron chi connectivity index (χ4n) is 2.16. The minimum Gasteiger partial charge on any atom is -0.385 e. The highest BCUT2D eigenvalue weighted by atomic mass is 16.5. The van der Waals surface area contributed by atoms with Gasteiger partial charge in [0.25, 0.3) is 0 Å². The summed E-state index contributed by atoms with van der Waals surface area (Å²) in [6.45, 7) is 4.30. The molecule has 1 aromatic rings. The Kier molecular flexibility index (Phi) is 7.72. The Morgan fingerprint density at radius 1 is 1.24 bits per heavy atom. The molecular weight excluding hydrogens is 212 g/mol. The number of imidazole rings is 1. The smallest absolute Gasteiger partial charge is 0.0945 e. The zero-order valence-electron chi connectivity index (χ0n) is 11.3. The minimum absolute atomic E-state index is 0.850. The summed E-state index contributed by atoms with van der Waals surface area (Å²) in [5.74, 6) is 0.850. The fraction of sp³-hybridized carbons (Fsp3) is 0.786. The predicted molar refractivity (Wildman–Crippen MR) is 71.0 cm³/mol.